The summed E-state index contributed by atoms with van der Waals surface area (Å²) in [6.07, 6.45) is 0.419. The van der Waals surface area contributed by atoms with Crippen LogP contribution in [-0.2, 0) is 6.54 Å². The molecule has 0 aliphatic carbocycles. The highest BCUT2D eigenvalue weighted by Gasteiger charge is 2.20. The average Bonchev–Trinajstić information content (AvgIpc) is 2.68. The number of aliphatic hydroxyl groups is 1. The van der Waals surface area contributed by atoms with Gasteiger partial charge in [0.2, 0.25) is 0 Å². The number of fused-ring (bicyclic) bond motifs is 1. The second kappa shape index (κ2) is 4.85. The van der Waals surface area contributed by atoms with Gasteiger partial charge in [-0.15, -0.1) is 0 Å². The summed E-state index contributed by atoms with van der Waals surface area (Å²) in [5.74, 6) is 0.767. The van der Waals surface area contributed by atoms with Gasteiger partial charge >= 0.3 is 0 Å². The number of imidazole rings is 1. The molecule has 0 aliphatic rings. The fourth-order valence-electron chi connectivity index (χ4n) is 2.02. The van der Waals surface area contributed by atoms with Gasteiger partial charge in [-0.3, -0.25) is 0 Å². The highest BCUT2D eigenvalue weighted by Crippen LogP contribution is 2.21. The lowest BCUT2D eigenvalue weighted by molar-refractivity contribution is 0.159. The molecular weight excluding hydrogens is 214 g/mol. The van der Waals surface area contributed by atoms with Crippen molar-refractivity contribution in [2.24, 2.45) is 5.73 Å². The smallest absolute Gasteiger partial charge is 0.129 e. The van der Waals surface area contributed by atoms with Crippen LogP contribution in [0.1, 0.15) is 32.1 Å². The number of para-hydroxylation sites is 2. The van der Waals surface area contributed by atoms with E-state index in [4.69, 9.17) is 5.73 Å². The van der Waals surface area contributed by atoms with Crippen LogP contribution in [0.3, 0.4) is 0 Å². The summed E-state index contributed by atoms with van der Waals surface area (Å²) in [6.45, 7) is 4.68. The molecule has 1 aromatic heterocycles. The fraction of sp³-hybridized carbons (Fsp3) is 0.462. The average molecular weight is 233 g/mol. The zero-order chi connectivity index (χ0) is 12.4. The van der Waals surface area contributed by atoms with E-state index in [1.807, 2.05) is 24.3 Å². The second-order valence-corrected chi connectivity index (χ2v) is 4.38. The lowest BCUT2D eigenvalue weighted by atomic mass is 10.2. The van der Waals surface area contributed by atoms with Crippen molar-refractivity contribution < 1.29 is 5.11 Å². The number of rotatable bonds is 4. The summed E-state index contributed by atoms with van der Waals surface area (Å²) in [4.78, 5) is 4.53. The molecule has 0 spiro atoms. The van der Waals surface area contributed by atoms with Gasteiger partial charge in [0.05, 0.1) is 23.2 Å². The summed E-state index contributed by atoms with van der Waals surface area (Å²) in [5, 5.41) is 9.61. The van der Waals surface area contributed by atoms with Crippen molar-refractivity contribution in [3.05, 3.63) is 30.1 Å². The first-order valence-corrected chi connectivity index (χ1v) is 6.04. The highest BCUT2D eigenvalue weighted by atomic mass is 16.3. The molecule has 2 rings (SSSR count). The van der Waals surface area contributed by atoms with Crippen molar-refractivity contribution in [1.82, 2.24) is 9.55 Å². The van der Waals surface area contributed by atoms with Crippen LogP contribution in [0.4, 0.5) is 0 Å². The van der Waals surface area contributed by atoms with Crippen LogP contribution >= 0.6 is 0 Å². The predicted molar refractivity (Wildman–Crippen MR) is 68.6 cm³/mol. The Bertz CT molecular complexity index is 504. The monoisotopic (exact) mass is 233 g/mol. The van der Waals surface area contributed by atoms with E-state index in [2.05, 4.69) is 16.5 Å². The number of aliphatic hydroxyl groups excluding tert-OH is 1. The van der Waals surface area contributed by atoms with Gasteiger partial charge in [0, 0.05) is 6.54 Å². The zero-order valence-electron chi connectivity index (χ0n) is 10.3. The van der Waals surface area contributed by atoms with Gasteiger partial charge in [-0.25, -0.2) is 4.98 Å². The van der Waals surface area contributed by atoms with Gasteiger partial charge in [0.25, 0.3) is 0 Å². The minimum atomic E-state index is -0.595. The quantitative estimate of drug-likeness (QED) is 0.846. The molecule has 1 aromatic carbocycles. The minimum absolute atomic E-state index is 0.436. The zero-order valence-corrected chi connectivity index (χ0v) is 10.3. The Balaban J connectivity index is 2.57. The molecule has 0 fully saturated rings. The molecule has 3 N–H and O–H groups in total. The number of aromatic nitrogens is 2. The topological polar surface area (TPSA) is 64.1 Å². The summed E-state index contributed by atoms with van der Waals surface area (Å²) in [7, 11) is 0. The van der Waals surface area contributed by atoms with E-state index < -0.39 is 12.1 Å². The van der Waals surface area contributed by atoms with E-state index in [9.17, 15) is 5.11 Å². The molecule has 0 saturated heterocycles. The van der Waals surface area contributed by atoms with Gasteiger partial charge in [-0.2, -0.15) is 0 Å². The van der Waals surface area contributed by atoms with Crippen LogP contribution in [-0.4, -0.2) is 20.8 Å². The van der Waals surface area contributed by atoms with Crippen LogP contribution < -0.4 is 5.73 Å². The van der Waals surface area contributed by atoms with Crippen LogP contribution in [0.2, 0.25) is 0 Å². The largest absolute Gasteiger partial charge is 0.391 e. The molecule has 0 radical (unpaired) electrons. The number of benzene rings is 1. The van der Waals surface area contributed by atoms with E-state index in [0.29, 0.717) is 0 Å². The Kier molecular flexibility index (Phi) is 3.45. The molecule has 2 aromatic rings. The van der Waals surface area contributed by atoms with Crippen LogP contribution in [0.25, 0.3) is 11.0 Å². The van der Waals surface area contributed by atoms with E-state index in [-0.39, 0.29) is 0 Å². The van der Waals surface area contributed by atoms with Crippen LogP contribution in [0.5, 0.6) is 0 Å². The summed E-state index contributed by atoms with van der Waals surface area (Å²) >= 11 is 0. The molecule has 4 heteroatoms. The maximum absolute atomic E-state index is 9.61. The van der Waals surface area contributed by atoms with Gasteiger partial charge in [-0.1, -0.05) is 19.1 Å². The molecule has 2 unspecified atom stereocenters. The number of hydrogen-bond donors (Lipinski definition) is 2. The molecule has 4 nitrogen and oxygen atoms in total. The Morgan fingerprint density at radius 1 is 1.41 bits per heavy atom. The third kappa shape index (κ3) is 2.18. The molecule has 2 atom stereocenters. The Morgan fingerprint density at radius 2 is 2.12 bits per heavy atom. The van der Waals surface area contributed by atoms with Crippen molar-refractivity contribution in [3.8, 4) is 0 Å². The Hall–Kier alpha value is -1.39. The first-order chi connectivity index (χ1) is 8.15. The van der Waals surface area contributed by atoms with Gasteiger partial charge < -0.3 is 15.4 Å². The summed E-state index contributed by atoms with van der Waals surface area (Å²) < 4.78 is 2.10. The normalized spacial score (nSPS) is 15.1. The molecule has 0 amide bonds. The predicted octanol–water partition coefficient (Wildman–Crippen LogP) is 1.83. The molecule has 17 heavy (non-hydrogen) atoms. The van der Waals surface area contributed by atoms with Gasteiger partial charge in [0.15, 0.2) is 0 Å². The van der Waals surface area contributed by atoms with Crippen LogP contribution in [0.15, 0.2) is 24.3 Å². The number of aryl methyl sites for hydroxylation is 1. The fourth-order valence-corrected chi connectivity index (χ4v) is 2.02. The van der Waals surface area contributed by atoms with Crippen molar-refractivity contribution in [1.29, 1.82) is 0 Å². The highest BCUT2D eigenvalue weighted by molar-refractivity contribution is 5.76. The standard InChI is InChI=1S/C13H19N3O/c1-3-8-16-11-7-5-4-6-10(11)15-13(16)12(14)9(2)17/h4-7,9,12,17H,3,8,14H2,1-2H3. The Morgan fingerprint density at radius 3 is 2.76 bits per heavy atom. The van der Waals surface area contributed by atoms with E-state index in [1.54, 1.807) is 6.92 Å². The summed E-state index contributed by atoms with van der Waals surface area (Å²) in [6, 6.07) is 7.53. The lowest BCUT2D eigenvalue weighted by Gasteiger charge is -2.16. The van der Waals surface area contributed by atoms with E-state index in [0.717, 1.165) is 29.8 Å². The van der Waals surface area contributed by atoms with Crippen molar-refractivity contribution in [2.75, 3.05) is 0 Å². The van der Waals surface area contributed by atoms with Gasteiger partial charge in [0.1, 0.15) is 5.82 Å². The maximum atomic E-state index is 9.61. The second-order valence-electron chi connectivity index (χ2n) is 4.38. The molecule has 1 heterocycles. The van der Waals surface area contributed by atoms with Gasteiger partial charge in [-0.05, 0) is 25.5 Å². The SMILES string of the molecule is CCCn1c(C(N)C(C)O)nc2ccccc21. The first-order valence-electron chi connectivity index (χ1n) is 6.04. The molecular formula is C13H19N3O. The number of hydrogen-bond acceptors (Lipinski definition) is 3. The summed E-state index contributed by atoms with van der Waals surface area (Å²) in [5.41, 5.74) is 8.02. The van der Waals surface area contributed by atoms with Crippen molar-refractivity contribution in [3.63, 3.8) is 0 Å². The Labute approximate surface area is 101 Å². The maximum Gasteiger partial charge on any atom is 0.129 e. The minimum Gasteiger partial charge on any atom is -0.391 e. The molecule has 0 aliphatic heterocycles. The van der Waals surface area contributed by atoms with E-state index >= 15 is 0 Å². The first kappa shape index (κ1) is 12.1. The molecule has 0 bridgehead atoms. The van der Waals surface area contributed by atoms with E-state index in [1.165, 1.54) is 0 Å². The number of nitrogens with zero attached hydrogens (tertiary/aromatic N) is 2. The molecule has 92 valence electrons. The van der Waals surface area contributed by atoms with Crippen LogP contribution in [0, 0.1) is 0 Å². The van der Waals surface area contributed by atoms with Crippen molar-refractivity contribution in [2.45, 2.75) is 39.0 Å². The third-order valence-electron chi connectivity index (χ3n) is 2.95. The third-order valence-corrected chi connectivity index (χ3v) is 2.95. The van der Waals surface area contributed by atoms with Crippen molar-refractivity contribution >= 4 is 11.0 Å². The number of nitrogens with two attached hydrogens (primary N) is 1. The lowest BCUT2D eigenvalue weighted by Crippen LogP contribution is -2.26. The molecule has 0 saturated carbocycles.